The van der Waals surface area contributed by atoms with Crippen molar-refractivity contribution in [2.45, 2.75) is 45.1 Å². The number of esters is 1. The molecule has 2 unspecified atom stereocenters. The van der Waals surface area contributed by atoms with E-state index in [9.17, 15) is 9.59 Å². The summed E-state index contributed by atoms with van der Waals surface area (Å²) >= 11 is 1.73. The highest BCUT2D eigenvalue weighted by Gasteiger charge is 2.38. The number of nitrogens with zero attached hydrogens (tertiary/aromatic N) is 2. The maximum absolute atomic E-state index is 12.2. The molecular weight excluding hydrogens is 288 g/mol. The van der Waals surface area contributed by atoms with E-state index in [-0.39, 0.29) is 30.3 Å². The van der Waals surface area contributed by atoms with E-state index in [1.165, 1.54) is 30.5 Å². The average molecular weight is 308 g/mol. The summed E-state index contributed by atoms with van der Waals surface area (Å²) in [5.74, 6) is -0.609. The van der Waals surface area contributed by atoms with Gasteiger partial charge in [0, 0.05) is 17.8 Å². The lowest BCUT2D eigenvalue weighted by Gasteiger charge is -2.22. The molecule has 5 nitrogen and oxygen atoms in total. The van der Waals surface area contributed by atoms with Crippen molar-refractivity contribution < 1.29 is 14.3 Å². The average Bonchev–Trinajstić information content (AvgIpc) is 3.09. The molecule has 2 aliphatic rings. The molecule has 1 aromatic rings. The first kappa shape index (κ1) is 14.5. The highest BCUT2D eigenvalue weighted by molar-refractivity contribution is 7.11. The van der Waals surface area contributed by atoms with Gasteiger partial charge in [-0.15, -0.1) is 11.3 Å². The molecule has 0 aromatic carbocycles. The molecule has 1 amide bonds. The van der Waals surface area contributed by atoms with Crippen LogP contribution in [0.4, 0.5) is 0 Å². The fourth-order valence-electron chi connectivity index (χ4n) is 3.11. The van der Waals surface area contributed by atoms with Gasteiger partial charge in [0.15, 0.2) is 0 Å². The predicted molar refractivity (Wildman–Crippen MR) is 79.0 cm³/mol. The third-order valence-corrected chi connectivity index (χ3v) is 5.71. The summed E-state index contributed by atoms with van der Waals surface area (Å²) in [6.45, 7) is 2.44. The van der Waals surface area contributed by atoms with Crippen LogP contribution >= 0.6 is 11.3 Å². The molecule has 0 radical (unpaired) electrons. The van der Waals surface area contributed by atoms with E-state index in [1.54, 1.807) is 16.2 Å². The quantitative estimate of drug-likeness (QED) is 0.802. The van der Waals surface area contributed by atoms with Gasteiger partial charge in [0.05, 0.1) is 24.8 Å². The van der Waals surface area contributed by atoms with Gasteiger partial charge in [-0.25, -0.2) is 4.98 Å². The summed E-state index contributed by atoms with van der Waals surface area (Å²) in [6, 6.07) is -0.0530. The predicted octanol–water partition coefficient (Wildman–Crippen LogP) is 2.10. The standard InChI is InChI=1S/C15H20N2O3S/c1-9(14-16-11-5-3-4-6-12(11)21-14)17-8-10(7-13(17)18)15(19)20-2/h9-10H,3-8H2,1-2H3. The largest absolute Gasteiger partial charge is 0.469 e. The number of likely N-dealkylation sites (tertiary alicyclic amines) is 1. The molecule has 2 heterocycles. The van der Waals surface area contributed by atoms with Crippen LogP contribution in [0.25, 0.3) is 0 Å². The van der Waals surface area contributed by atoms with Crippen LogP contribution in [0.5, 0.6) is 0 Å². The molecule has 0 N–H and O–H groups in total. The van der Waals surface area contributed by atoms with Gasteiger partial charge in [0.2, 0.25) is 5.91 Å². The number of carbonyl (C=O) groups is 2. The monoisotopic (exact) mass is 308 g/mol. The summed E-state index contributed by atoms with van der Waals surface area (Å²) in [6.07, 6.45) is 4.85. The number of fused-ring (bicyclic) bond motifs is 1. The van der Waals surface area contributed by atoms with Gasteiger partial charge in [-0.1, -0.05) is 0 Å². The summed E-state index contributed by atoms with van der Waals surface area (Å²) in [4.78, 5) is 31.6. The number of rotatable bonds is 3. The summed E-state index contributed by atoms with van der Waals surface area (Å²) < 4.78 is 4.75. The van der Waals surface area contributed by atoms with Crippen LogP contribution in [-0.2, 0) is 27.2 Å². The minimum absolute atomic E-state index is 0.0195. The van der Waals surface area contributed by atoms with Crippen LogP contribution < -0.4 is 0 Å². The van der Waals surface area contributed by atoms with E-state index in [0.29, 0.717) is 6.54 Å². The van der Waals surface area contributed by atoms with Crippen LogP contribution in [0.1, 0.15) is 47.8 Å². The van der Waals surface area contributed by atoms with Gasteiger partial charge in [-0.2, -0.15) is 0 Å². The van der Waals surface area contributed by atoms with Crippen molar-refractivity contribution in [1.82, 2.24) is 9.88 Å². The lowest BCUT2D eigenvalue weighted by atomic mass is 10.0. The van der Waals surface area contributed by atoms with Gasteiger partial charge < -0.3 is 9.64 Å². The Balaban J connectivity index is 1.76. The van der Waals surface area contributed by atoms with Crippen molar-refractivity contribution in [3.63, 3.8) is 0 Å². The van der Waals surface area contributed by atoms with E-state index in [2.05, 4.69) is 0 Å². The molecule has 0 saturated carbocycles. The number of aryl methyl sites for hydroxylation is 2. The number of amides is 1. The van der Waals surface area contributed by atoms with Gasteiger partial charge in [0.1, 0.15) is 5.01 Å². The maximum atomic E-state index is 12.2. The molecule has 1 fully saturated rings. The van der Waals surface area contributed by atoms with Crippen molar-refractivity contribution in [1.29, 1.82) is 0 Å². The van der Waals surface area contributed by atoms with Gasteiger partial charge in [0.25, 0.3) is 0 Å². The lowest BCUT2D eigenvalue weighted by molar-refractivity contribution is -0.145. The zero-order chi connectivity index (χ0) is 15.0. The SMILES string of the molecule is COC(=O)C1CC(=O)N(C(C)c2nc3c(s2)CCCC3)C1. The van der Waals surface area contributed by atoms with Gasteiger partial charge in [-0.05, 0) is 32.6 Å². The van der Waals surface area contributed by atoms with E-state index in [0.717, 1.165) is 17.8 Å². The molecule has 0 bridgehead atoms. The van der Waals surface area contributed by atoms with Gasteiger partial charge in [-0.3, -0.25) is 9.59 Å². The number of methoxy groups -OCH3 is 1. The normalized spacial score (nSPS) is 23.0. The highest BCUT2D eigenvalue weighted by Crippen LogP contribution is 2.34. The van der Waals surface area contributed by atoms with Crippen LogP contribution in [0.2, 0.25) is 0 Å². The van der Waals surface area contributed by atoms with E-state index in [1.807, 2.05) is 6.92 Å². The Labute approximate surface area is 128 Å². The second-order valence-electron chi connectivity index (χ2n) is 5.78. The van der Waals surface area contributed by atoms with E-state index < -0.39 is 0 Å². The minimum atomic E-state index is -0.334. The first-order valence-corrected chi connectivity index (χ1v) is 8.27. The summed E-state index contributed by atoms with van der Waals surface area (Å²) in [5.41, 5.74) is 1.21. The molecule has 2 atom stereocenters. The summed E-state index contributed by atoms with van der Waals surface area (Å²) in [7, 11) is 1.37. The second kappa shape index (κ2) is 5.75. The van der Waals surface area contributed by atoms with Crippen molar-refractivity contribution in [3.05, 3.63) is 15.6 Å². The summed E-state index contributed by atoms with van der Waals surface area (Å²) in [5, 5.41) is 1.00. The molecule has 1 aliphatic carbocycles. The number of aromatic nitrogens is 1. The van der Waals surface area contributed by atoms with Crippen molar-refractivity contribution in [2.24, 2.45) is 5.92 Å². The second-order valence-corrected chi connectivity index (χ2v) is 6.89. The lowest BCUT2D eigenvalue weighted by Crippen LogP contribution is -2.29. The Kier molecular flexibility index (Phi) is 3.97. The number of hydrogen-bond donors (Lipinski definition) is 0. The van der Waals surface area contributed by atoms with Gasteiger partial charge >= 0.3 is 5.97 Å². The molecule has 3 rings (SSSR count). The number of thiazole rings is 1. The highest BCUT2D eigenvalue weighted by atomic mass is 32.1. The van der Waals surface area contributed by atoms with Crippen molar-refractivity contribution in [3.8, 4) is 0 Å². The Bertz CT molecular complexity index is 546. The fourth-order valence-corrected chi connectivity index (χ4v) is 4.33. The van der Waals surface area contributed by atoms with Crippen LogP contribution in [-0.4, -0.2) is 35.4 Å². The zero-order valence-electron chi connectivity index (χ0n) is 12.4. The molecule has 21 heavy (non-hydrogen) atoms. The first-order chi connectivity index (χ1) is 10.1. The van der Waals surface area contributed by atoms with Crippen LogP contribution in [0, 0.1) is 5.92 Å². The van der Waals surface area contributed by atoms with Crippen molar-refractivity contribution in [2.75, 3.05) is 13.7 Å². The topological polar surface area (TPSA) is 59.5 Å². The third-order valence-electron chi connectivity index (χ3n) is 4.38. The molecule has 6 heteroatoms. The maximum Gasteiger partial charge on any atom is 0.310 e. The smallest absolute Gasteiger partial charge is 0.310 e. The van der Waals surface area contributed by atoms with E-state index >= 15 is 0 Å². The molecular formula is C15H20N2O3S. The molecule has 1 aromatic heterocycles. The minimum Gasteiger partial charge on any atom is -0.469 e. The Morgan fingerprint density at radius 3 is 2.90 bits per heavy atom. The Morgan fingerprint density at radius 2 is 2.19 bits per heavy atom. The first-order valence-electron chi connectivity index (χ1n) is 7.46. The molecule has 1 aliphatic heterocycles. The molecule has 0 spiro atoms. The van der Waals surface area contributed by atoms with E-state index in [4.69, 9.17) is 9.72 Å². The molecule has 114 valence electrons. The Morgan fingerprint density at radius 1 is 1.43 bits per heavy atom. The fraction of sp³-hybridized carbons (Fsp3) is 0.667. The Hall–Kier alpha value is -1.43. The zero-order valence-corrected chi connectivity index (χ0v) is 13.2. The number of carbonyl (C=O) groups excluding carboxylic acids is 2. The number of ether oxygens (including phenoxy) is 1. The number of hydrogen-bond acceptors (Lipinski definition) is 5. The third kappa shape index (κ3) is 2.69. The van der Waals surface area contributed by atoms with Crippen LogP contribution in [0.15, 0.2) is 0 Å². The van der Waals surface area contributed by atoms with Crippen molar-refractivity contribution >= 4 is 23.2 Å². The molecule has 1 saturated heterocycles. The van der Waals surface area contributed by atoms with Crippen LogP contribution in [0.3, 0.4) is 0 Å².